The molecular weight excluding hydrogens is 244 g/mol. The fourth-order valence-corrected chi connectivity index (χ4v) is 2.36. The lowest BCUT2D eigenvalue weighted by Gasteiger charge is -2.23. The van der Waals surface area contributed by atoms with Crippen LogP contribution in [0.3, 0.4) is 0 Å². The van der Waals surface area contributed by atoms with Gasteiger partial charge in [-0.2, -0.15) is 0 Å². The van der Waals surface area contributed by atoms with E-state index in [-0.39, 0.29) is 19.6 Å². The summed E-state index contributed by atoms with van der Waals surface area (Å²) in [6.07, 6.45) is 3.46. The van der Waals surface area contributed by atoms with Crippen LogP contribution in [0.15, 0.2) is 23.8 Å². The summed E-state index contributed by atoms with van der Waals surface area (Å²) >= 11 is 0. The van der Waals surface area contributed by atoms with Gasteiger partial charge in [0.25, 0.3) is 0 Å². The Morgan fingerprint density at radius 2 is 1.68 bits per heavy atom. The number of allylic oxidation sites excluding steroid dienone is 3. The predicted octanol–water partition coefficient (Wildman–Crippen LogP) is 2.79. The molecule has 0 N–H and O–H groups in total. The maximum atomic E-state index is 12.2. The molecule has 1 aliphatic carbocycles. The van der Waals surface area contributed by atoms with Crippen molar-refractivity contribution in [1.29, 1.82) is 0 Å². The van der Waals surface area contributed by atoms with Gasteiger partial charge >= 0.3 is 11.9 Å². The zero-order chi connectivity index (χ0) is 14.5. The van der Waals surface area contributed by atoms with Gasteiger partial charge < -0.3 is 9.47 Å². The second-order valence-corrected chi connectivity index (χ2v) is 4.62. The summed E-state index contributed by atoms with van der Waals surface area (Å²) in [5.41, 5.74) is 0.552. The van der Waals surface area contributed by atoms with Gasteiger partial charge in [-0.1, -0.05) is 25.2 Å². The highest BCUT2D eigenvalue weighted by molar-refractivity contribution is 6.02. The molecule has 0 aromatic heterocycles. The molecule has 0 atom stereocenters. The van der Waals surface area contributed by atoms with Crippen molar-refractivity contribution in [3.63, 3.8) is 0 Å². The van der Waals surface area contributed by atoms with Crippen molar-refractivity contribution in [2.45, 2.75) is 40.0 Å². The molecule has 1 rings (SSSR count). The first kappa shape index (κ1) is 15.5. The Labute approximate surface area is 114 Å². The number of esters is 2. The molecule has 0 saturated heterocycles. The second kappa shape index (κ2) is 6.55. The van der Waals surface area contributed by atoms with Gasteiger partial charge in [-0.15, -0.1) is 0 Å². The van der Waals surface area contributed by atoms with Crippen molar-refractivity contribution in [2.75, 3.05) is 13.2 Å². The van der Waals surface area contributed by atoms with Gasteiger partial charge in [-0.3, -0.25) is 9.59 Å². The minimum atomic E-state index is -1.23. The van der Waals surface area contributed by atoms with Crippen molar-refractivity contribution >= 4 is 11.9 Å². The maximum absolute atomic E-state index is 12.2. The molecular formula is C15H22O4. The molecule has 1 fully saturated rings. The molecule has 106 valence electrons. The van der Waals surface area contributed by atoms with E-state index in [9.17, 15) is 9.59 Å². The highest BCUT2D eigenvalue weighted by Gasteiger charge is 2.53. The van der Waals surface area contributed by atoms with E-state index in [0.29, 0.717) is 6.42 Å². The number of carbonyl (C=O) groups excluding carboxylic acids is 2. The Hall–Kier alpha value is -1.58. The molecule has 1 saturated carbocycles. The highest BCUT2D eigenvalue weighted by atomic mass is 16.6. The molecule has 4 nitrogen and oxygen atoms in total. The van der Waals surface area contributed by atoms with E-state index in [0.717, 1.165) is 17.6 Å². The zero-order valence-electron chi connectivity index (χ0n) is 12.0. The van der Waals surface area contributed by atoms with Gasteiger partial charge in [-0.05, 0) is 38.7 Å². The fraction of sp³-hybridized carbons (Fsp3) is 0.600. The summed E-state index contributed by atoms with van der Waals surface area (Å²) in [7, 11) is 0. The van der Waals surface area contributed by atoms with Crippen LogP contribution in [0.4, 0.5) is 0 Å². The normalized spacial score (nSPS) is 19.5. The predicted molar refractivity (Wildman–Crippen MR) is 72.4 cm³/mol. The van der Waals surface area contributed by atoms with Crippen molar-refractivity contribution < 1.29 is 19.1 Å². The van der Waals surface area contributed by atoms with E-state index in [1.54, 1.807) is 13.8 Å². The van der Waals surface area contributed by atoms with Crippen LogP contribution in [0.1, 0.15) is 40.0 Å². The molecule has 0 radical (unpaired) electrons. The minimum Gasteiger partial charge on any atom is -0.465 e. The third-order valence-electron chi connectivity index (χ3n) is 3.24. The molecule has 0 aliphatic heterocycles. The maximum Gasteiger partial charge on any atom is 0.324 e. The van der Waals surface area contributed by atoms with Gasteiger partial charge in [-0.25, -0.2) is 0 Å². The third-order valence-corrected chi connectivity index (χ3v) is 3.24. The fourth-order valence-electron chi connectivity index (χ4n) is 2.36. The van der Waals surface area contributed by atoms with Crippen LogP contribution < -0.4 is 0 Å². The minimum absolute atomic E-state index is 0.249. The van der Waals surface area contributed by atoms with Crippen LogP contribution >= 0.6 is 0 Å². The lowest BCUT2D eigenvalue weighted by molar-refractivity contribution is -0.171. The Morgan fingerprint density at radius 3 is 2.11 bits per heavy atom. The van der Waals surface area contributed by atoms with Crippen LogP contribution in [-0.4, -0.2) is 25.2 Å². The molecule has 0 unspecified atom stereocenters. The van der Waals surface area contributed by atoms with Gasteiger partial charge in [0.05, 0.1) is 13.2 Å². The summed E-state index contributed by atoms with van der Waals surface area (Å²) < 4.78 is 10.1. The number of hydrogen-bond donors (Lipinski definition) is 0. The molecule has 0 aromatic carbocycles. The monoisotopic (exact) mass is 266 g/mol. The van der Waals surface area contributed by atoms with E-state index in [1.807, 2.05) is 13.0 Å². The number of ether oxygens (including phenoxy) is 2. The first-order valence-electron chi connectivity index (χ1n) is 6.73. The van der Waals surface area contributed by atoms with Crippen LogP contribution in [0.25, 0.3) is 0 Å². The van der Waals surface area contributed by atoms with Gasteiger partial charge in [0.2, 0.25) is 0 Å². The van der Waals surface area contributed by atoms with Crippen LogP contribution in [0.2, 0.25) is 0 Å². The van der Waals surface area contributed by atoms with E-state index >= 15 is 0 Å². The van der Waals surface area contributed by atoms with Crippen molar-refractivity contribution in [3.05, 3.63) is 23.8 Å². The zero-order valence-corrected chi connectivity index (χ0v) is 12.0. The summed E-state index contributed by atoms with van der Waals surface area (Å²) in [6, 6.07) is 0. The summed E-state index contributed by atoms with van der Waals surface area (Å²) in [6.45, 7) is 9.91. The Bertz CT molecular complexity index is 388. The Balaban J connectivity index is 3.09. The van der Waals surface area contributed by atoms with E-state index in [1.165, 1.54) is 0 Å². The van der Waals surface area contributed by atoms with Gasteiger partial charge in [0.1, 0.15) is 0 Å². The largest absolute Gasteiger partial charge is 0.465 e. The Kier molecular flexibility index (Phi) is 5.33. The second-order valence-electron chi connectivity index (χ2n) is 4.62. The van der Waals surface area contributed by atoms with Crippen molar-refractivity contribution in [3.8, 4) is 0 Å². The number of hydrogen-bond acceptors (Lipinski definition) is 4. The van der Waals surface area contributed by atoms with Crippen LogP contribution in [0.5, 0.6) is 0 Å². The highest BCUT2D eigenvalue weighted by Crippen LogP contribution is 2.46. The lowest BCUT2D eigenvalue weighted by atomic mass is 9.85. The Morgan fingerprint density at radius 1 is 1.16 bits per heavy atom. The molecule has 0 bridgehead atoms. The lowest BCUT2D eigenvalue weighted by Crippen LogP contribution is -2.39. The molecule has 4 heteroatoms. The van der Waals surface area contributed by atoms with E-state index in [4.69, 9.17) is 9.47 Å². The molecule has 0 spiro atoms. The van der Waals surface area contributed by atoms with Crippen LogP contribution in [-0.2, 0) is 19.1 Å². The SMILES string of the molecule is C=C1CC(C(=O)OCC)(C(=O)OCC)C/C1=C\CC. The smallest absolute Gasteiger partial charge is 0.324 e. The molecule has 0 amide bonds. The summed E-state index contributed by atoms with van der Waals surface area (Å²) in [5.74, 6) is -1.01. The average Bonchev–Trinajstić information content (AvgIpc) is 2.69. The molecule has 0 heterocycles. The summed E-state index contributed by atoms with van der Waals surface area (Å²) in [5, 5.41) is 0. The average molecular weight is 266 g/mol. The topological polar surface area (TPSA) is 52.6 Å². The first-order valence-corrected chi connectivity index (χ1v) is 6.73. The van der Waals surface area contributed by atoms with E-state index in [2.05, 4.69) is 6.58 Å². The summed E-state index contributed by atoms with van der Waals surface area (Å²) in [4.78, 5) is 24.4. The number of carbonyl (C=O) groups is 2. The van der Waals surface area contributed by atoms with Gasteiger partial charge in [0, 0.05) is 0 Å². The number of rotatable bonds is 5. The van der Waals surface area contributed by atoms with Crippen molar-refractivity contribution in [2.24, 2.45) is 5.41 Å². The van der Waals surface area contributed by atoms with E-state index < -0.39 is 17.4 Å². The molecule has 1 aliphatic rings. The quantitative estimate of drug-likeness (QED) is 0.567. The first-order chi connectivity index (χ1) is 9.01. The van der Waals surface area contributed by atoms with Gasteiger partial charge in [0.15, 0.2) is 5.41 Å². The third kappa shape index (κ3) is 3.06. The van der Waals surface area contributed by atoms with Crippen molar-refractivity contribution in [1.82, 2.24) is 0 Å². The standard InChI is InChI=1S/C15H22O4/c1-5-8-12-10-15(9-11(12)4,13(16)18-6-2)14(17)19-7-3/h8H,4-7,9-10H2,1-3H3/b12-8+. The molecule has 19 heavy (non-hydrogen) atoms. The molecule has 0 aromatic rings. The van der Waals surface area contributed by atoms with Crippen LogP contribution in [0, 0.1) is 5.41 Å².